The van der Waals surface area contributed by atoms with Gasteiger partial charge in [0.25, 0.3) is 0 Å². The van der Waals surface area contributed by atoms with Crippen molar-refractivity contribution in [2.45, 2.75) is 18.9 Å². The molecule has 0 radical (unpaired) electrons. The molecule has 1 aromatic carbocycles. The zero-order valence-electron chi connectivity index (χ0n) is 9.01. The summed E-state index contributed by atoms with van der Waals surface area (Å²) in [6.07, 6.45) is 5.63. The van der Waals surface area contributed by atoms with Crippen molar-refractivity contribution in [2.75, 3.05) is 0 Å². The van der Waals surface area contributed by atoms with Crippen molar-refractivity contribution in [3.63, 3.8) is 0 Å². The highest BCUT2D eigenvalue weighted by Gasteiger charge is 2.37. The molecule has 1 heterocycles. The molecule has 1 aliphatic carbocycles. The highest BCUT2D eigenvalue weighted by Crippen LogP contribution is 2.48. The predicted molar refractivity (Wildman–Crippen MR) is 69.4 cm³/mol. The lowest BCUT2D eigenvalue weighted by Gasteiger charge is -2.02. The third-order valence-electron chi connectivity index (χ3n) is 3.33. The lowest BCUT2D eigenvalue weighted by molar-refractivity contribution is 0.615. The first-order chi connectivity index (χ1) is 7.83. The van der Waals surface area contributed by atoms with E-state index in [4.69, 9.17) is 0 Å². The summed E-state index contributed by atoms with van der Waals surface area (Å²) in [6, 6.07) is 12.9. The molecule has 0 spiro atoms. The molecule has 1 aliphatic rings. The second-order valence-corrected chi connectivity index (χ2v) is 5.45. The number of nitrogens with zero attached hydrogens (tertiary/aromatic N) is 1. The standard InChI is InChI=1S/C14H14BrN/c15-13-5-3-11(4-6-13)14-9-12(14)10-16-7-1-2-8-16/h1-8,12,14H,9-10H2/t12-,14+/m1/s1. The summed E-state index contributed by atoms with van der Waals surface area (Å²) in [4.78, 5) is 0. The van der Waals surface area contributed by atoms with E-state index in [2.05, 4.69) is 69.3 Å². The third-order valence-corrected chi connectivity index (χ3v) is 3.86. The molecule has 2 aromatic rings. The predicted octanol–water partition coefficient (Wildman–Crippen LogP) is 4.05. The van der Waals surface area contributed by atoms with Crippen LogP contribution in [-0.2, 0) is 6.54 Å². The van der Waals surface area contributed by atoms with Crippen molar-refractivity contribution < 1.29 is 0 Å². The maximum absolute atomic E-state index is 3.47. The Hall–Kier alpha value is -1.02. The van der Waals surface area contributed by atoms with Gasteiger partial charge in [-0.15, -0.1) is 0 Å². The van der Waals surface area contributed by atoms with E-state index in [1.165, 1.54) is 16.5 Å². The second-order valence-electron chi connectivity index (χ2n) is 4.53. The molecule has 1 saturated carbocycles. The molecule has 0 aliphatic heterocycles. The summed E-state index contributed by atoms with van der Waals surface area (Å²) in [6.45, 7) is 1.16. The zero-order valence-corrected chi connectivity index (χ0v) is 10.6. The largest absolute Gasteiger partial charge is 0.354 e. The summed E-state index contributed by atoms with van der Waals surface area (Å²) in [5.41, 5.74) is 1.49. The maximum atomic E-state index is 3.47. The quantitative estimate of drug-likeness (QED) is 0.796. The first kappa shape index (κ1) is 10.2. The van der Waals surface area contributed by atoms with Gasteiger partial charge in [0.1, 0.15) is 0 Å². The van der Waals surface area contributed by atoms with Gasteiger partial charge in [0.2, 0.25) is 0 Å². The molecule has 0 N–H and O–H groups in total. The first-order valence-electron chi connectivity index (χ1n) is 5.69. The molecule has 16 heavy (non-hydrogen) atoms. The Labute approximate surface area is 104 Å². The van der Waals surface area contributed by atoms with Crippen LogP contribution < -0.4 is 0 Å². The van der Waals surface area contributed by atoms with E-state index >= 15 is 0 Å². The molecule has 3 rings (SSSR count). The fraction of sp³-hybridized carbons (Fsp3) is 0.286. The monoisotopic (exact) mass is 275 g/mol. The lowest BCUT2D eigenvalue weighted by Crippen LogP contribution is -1.97. The SMILES string of the molecule is Brc1ccc([C@@H]2C[C@@H]2Cn2cccc2)cc1. The minimum absolute atomic E-state index is 0.774. The van der Waals surface area contributed by atoms with Crippen LogP contribution in [0.1, 0.15) is 17.9 Å². The normalized spacial score (nSPS) is 23.3. The van der Waals surface area contributed by atoms with Crippen LogP contribution in [0.3, 0.4) is 0 Å². The van der Waals surface area contributed by atoms with Gasteiger partial charge in [-0.05, 0) is 48.1 Å². The van der Waals surface area contributed by atoms with E-state index in [0.717, 1.165) is 18.4 Å². The molecule has 1 nitrogen and oxygen atoms in total. The Kier molecular flexibility index (Phi) is 2.60. The van der Waals surface area contributed by atoms with Crippen LogP contribution in [0, 0.1) is 5.92 Å². The molecule has 0 saturated heterocycles. The zero-order chi connectivity index (χ0) is 11.0. The Morgan fingerprint density at radius 2 is 1.81 bits per heavy atom. The molecule has 0 bridgehead atoms. The van der Waals surface area contributed by atoms with E-state index in [0.29, 0.717) is 0 Å². The van der Waals surface area contributed by atoms with E-state index in [1.807, 2.05) is 0 Å². The van der Waals surface area contributed by atoms with Crippen molar-refractivity contribution in [3.8, 4) is 0 Å². The maximum Gasteiger partial charge on any atom is 0.0253 e. The van der Waals surface area contributed by atoms with Gasteiger partial charge < -0.3 is 4.57 Å². The highest BCUT2D eigenvalue weighted by molar-refractivity contribution is 9.10. The van der Waals surface area contributed by atoms with Crippen LogP contribution in [0.15, 0.2) is 53.3 Å². The average Bonchev–Trinajstić information content (AvgIpc) is 2.85. The van der Waals surface area contributed by atoms with Gasteiger partial charge in [-0.25, -0.2) is 0 Å². The fourth-order valence-electron chi connectivity index (χ4n) is 2.33. The van der Waals surface area contributed by atoms with Crippen LogP contribution in [0.25, 0.3) is 0 Å². The van der Waals surface area contributed by atoms with E-state index < -0.39 is 0 Å². The van der Waals surface area contributed by atoms with Gasteiger partial charge in [-0.2, -0.15) is 0 Å². The van der Waals surface area contributed by atoms with Gasteiger partial charge in [0.15, 0.2) is 0 Å². The summed E-state index contributed by atoms with van der Waals surface area (Å²) >= 11 is 3.47. The number of hydrogen-bond acceptors (Lipinski definition) is 0. The Bertz CT molecular complexity index is 458. The van der Waals surface area contributed by atoms with Gasteiger partial charge >= 0.3 is 0 Å². The van der Waals surface area contributed by atoms with Crippen LogP contribution in [0.2, 0.25) is 0 Å². The average molecular weight is 276 g/mol. The third kappa shape index (κ3) is 2.07. The summed E-state index contributed by atoms with van der Waals surface area (Å²) in [5.74, 6) is 1.60. The second kappa shape index (κ2) is 4.10. The van der Waals surface area contributed by atoms with Crippen molar-refractivity contribution in [1.29, 1.82) is 0 Å². The van der Waals surface area contributed by atoms with Gasteiger partial charge in [0.05, 0.1) is 0 Å². The van der Waals surface area contributed by atoms with Crippen molar-refractivity contribution in [1.82, 2.24) is 4.57 Å². The molecule has 82 valence electrons. The fourth-order valence-corrected chi connectivity index (χ4v) is 2.59. The van der Waals surface area contributed by atoms with E-state index in [9.17, 15) is 0 Å². The topological polar surface area (TPSA) is 4.93 Å². The molecule has 0 amide bonds. The Morgan fingerprint density at radius 3 is 2.50 bits per heavy atom. The molecular weight excluding hydrogens is 262 g/mol. The minimum Gasteiger partial charge on any atom is -0.354 e. The number of rotatable bonds is 3. The van der Waals surface area contributed by atoms with Crippen LogP contribution in [0.5, 0.6) is 0 Å². The summed E-state index contributed by atoms with van der Waals surface area (Å²) in [7, 11) is 0. The van der Waals surface area contributed by atoms with Crippen molar-refractivity contribution >= 4 is 15.9 Å². The van der Waals surface area contributed by atoms with Crippen molar-refractivity contribution in [2.24, 2.45) is 5.92 Å². The highest BCUT2D eigenvalue weighted by atomic mass is 79.9. The van der Waals surface area contributed by atoms with Gasteiger partial charge in [-0.3, -0.25) is 0 Å². The molecule has 1 fully saturated rings. The molecule has 2 heteroatoms. The van der Waals surface area contributed by atoms with Crippen LogP contribution in [0.4, 0.5) is 0 Å². The summed E-state index contributed by atoms with van der Waals surface area (Å²) in [5, 5.41) is 0. The van der Waals surface area contributed by atoms with E-state index in [-0.39, 0.29) is 0 Å². The van der Waals surface area contributed by atoms with Crippen LogP contribution in [-0.4, -0.2) is 4.57 Å². The van der Waals surface area contributed by atoms with Crippen LogP contribution >= 0.6 is 15.9 Å². The Balaban J connectivity index is 1.65. The van der Waals surface area contributed by atoms with Gasteiger partial charge in [0, 0.05) is 23.4 Å². The first-order valence-corrected chi connectivity index (χ1v) is 6.48. The smallest absolute Gasteiger partial charge is 0.0253 e. The van der Waals surface area contributed by atoms with Gasteiger partial charge in [-0.1, -0.05) is 28.1 Å². The number of halogens is 1. The lowest BCUT2D eigenvalue weighted by atomic mass is 10.1. The number of hydrogen-bond donors (Lipinski definition) is 0. The number of benzene rings is 1. The molecular formula is C14H14BrN. The molecule has 2 atom stereocenters. The van der Waals surface area contributed by atoms with E-state index in [1.54, 1.807) is 0 Å². The number of aromatic nitrogens is 1. The molecule has 0 unspecified atom stereocenters. The minimum atomic E-state index is 0.774. The summed E-state index contributed by atoms with van der Waals surface area (Å²) < 4.78 is 3.45. The Morgan fingerprint density at radius 1 is 1.12 bits per heavy atom. The van der Waals surface area contributed by atoms with Crippen molar-refractivity contribution in [3.05, 3.63) is 58.8 Å². The molecule has 1 aromatic heterocycles.